The highest BCUT2D eigenvalue weighted by molar-refractivity contribution is 9.10. The second kappa shape index (κ2) is 7.61. The Kier molecular flexibility index (Phi) is 6.46. The number of rotatable bonds is 7. The largest absolute Gasteiger partial charge is 0.493 e. The molecular formula is C13H21BrN2O2. The van der Waals surface area contributed by atoms with Gasteiger partial charge in [-0.05, 0) is 47.7 Å². The van der Waals surface area contributed by atoms with Crippen LogP contribution in [0.15, 0.2) is 16.6 Å². The van der Waals surface area contributed by atoms with E-state index in [9.17, 15) is 0 Å². The maximum absolute atomic E-state index is 5.31. The molecule has 1 aromatic carbocycles. The average Bonchev–Trinajstić information content (AvgIpc) is 2.33. The van der Waals surface area contributed by atoms with Crippen molar-refractivity contribution in [3.63, 3.8) is 0 Å². The summed E-state index contributed by atoms with van der Waals surface area (Å²) in [5.74, 6) is 1.48. The predicted octanol–water partition coefficient (Wildman–Crippen LogP) is 2.12. The molecule has 0 spiro atoms. The number of ether oxygens (including phenoxy) is 2. The summed E-state index contributed by atoms with van der Waals surface area (Å²) >= 11 is 3.49. The molecule has 0 heterocycles. The molecule has 0 aliphatic heterocycles. The number of benzene rings is 1. The lowest BCUT2D eigenvalue weighted by Gasteiger charge is -2.13. The normalized spacial score (nSPS) is 10.8. The topological polar surface area (TPSA) is 33.7 Å². The predicted molar refractivity (Wildman–Crippen MR) is 77.5 cm³/mol. The first kappa shape index (κ1) is 15.3. The van der Waals surface area contributed by atoms with Crippen molar-refractivity contribution in [3.8, 4) is 11.5 Å². The van der Waals surface area contributed by atoms with Gasteiger partial charge in [-0.1, -0.05) is 0 Å². The van der Waals surface area contributed by atoms with E-state index in [0.717, 1.165) is 35.6 Å². The summed E-state index contributed by atoms with van der Waals surface area (Å²) in [4.78, 5) is 2.15. The highest BCUT2D eigenvalue weighted by Crippen LogP contribution is 2.36. The van der Waals surface area contributed by atoms with Crippen molar-refractivity contribution in [2.75, 3.05) is 41.4 Å². The summed E-state index contributed by atoms with van der Waals surface area (Å²) in [5, 5.41) is 3.39. The average molecular weight is 317 g/mol. The number of nitrogens with zero attached hydrogens (tertiary/aromatic N) is 1. The van der Waals surface area contributed by atoms with E-state index in [-0.39, 0.29) is 0 Å². The molecule has 0 radical (unpaired) electrons. The molecule has 0 aliphatic carbocycles. The van der Waals surface area contributed by atoms with E-state index in [4.69, 9.17) is 9.47 Å². The van der Waals surface area contributed by atoms with Crippen LogP contribution in [0.5, 0.6) is 11.5 Å². The van der Waals surface area contributed by atoms with Crippen LogP contribution in [-0.4, -0.2) is 46.3 Å². The summed E-state index contributed by atoms with van der Waals surface area (Å²) in [7, 11) is 7.41. The third-order valence-corrected chi connectivity index (χ3v) is 3.15. The molecule has 102 valence electrons. The van der Waals surface area contributed by atoms with Gasteiger partial charge in [-0.2, -0.15) is 0 Å². The van der Waals surface area contributed by atoms with Gasteiger partial charge in [0.25, 0.3) is 0 Å². The Morgan fingerprint density at radius 1 is 1.22 bits per heavy atom. The molecule has 0 bridgehead atoms. The highest BCUT2D eigenvalue weighted by atomic mass is 79.9. The highest BCUT2D eigenvalue weighted by Gasteiger charge is 2.10. The summed E-state index contributed by atoms with van der Waals surface area (Å²) in [5.41, 5.74) is 1.17. The van der Waals surface area contributed by atoms with Crippen LogP contribution in [0.1, 0.15) is 5.56 Å². The van der Waals surface area contributed by atoms with Crippen molar-refractivity contribution in [3.05, 3.63) is 22.2 Å². The Balaban J connectivity index is 2.64. The van der Waals surface area contributed by atoms with Gasteiger partial charge in [0.1, 0.15) is 0 Å². The molecule has 1 N–H and O–H groups in total. The van der Waals surface area contributed by atoms with Crippen LogP contribution in [0.4, 0.5) is 0 Å². The quantitative estimate of drug-likeness (QED) is 0.781. The van der Waals surface area contributed by atoms with Crippen LogP contribution < -0.4 is 14.8 Å². The number of methoxy groups -OCH3 is 2. The van der Waals surface area contributed by atoms with E-state index in [2.05, 4.69) is 40.2 Å². The molecule has 4 nitrogen and oxygen atoms in total. The van der Waals surface area contributed by atoms with E-state index >= 15 is 0 Å². The number of hydrogen-bond acceptors (Lipinski definition) is 4. The number of likely N-dealkylation sites (N-methyl/N-ethyl adjacent to an activating group) is 1. The van der Waals surface area contributed by atoms with Crippen LogP contribution >= 0.6 is 15.9 Å². The maximum Gasteiger partial charge on any atom is 0.174 e. The van der Waals surface area contributed by atoms with Crippen LogP contribution in [-0.2, 0) is 6.54 Å². The summed E-state index contributed by atoms with van der Waals surface area (Å²) < 4.78 is 11.5. The van der Waals surface area contributed by atoms with Crippen LogP contribution in [0, 0.1) is 0 Å². The number of hydrogen-bond donors (Lipinski definition) is 1. The molecule has 5 heteroatoms. The van der Waals surface area contributed by atoms with E-state index in [1.807, 2.05) is 12.1 Å². The smallest absolute Gasteiger partial charge is 0.174 e. The van der Waals surface area contributed by atoms with Crippen molar-refractivity contribution in [2.45, 2.75) is 6.54 Å². The molecule has 0 saturated heterocycles. The van der Waals surface area contributed by atoms with Crippen LogP contribution in [0.25, 0.3) is 0 Å². The standard InChI is InChI=1S/C13H21BrN2O2/c1-16(2)6-5-15-9-10-7-11(14)13(18-4)12(8-10)17-3/h7-8,15H,5-6,9H2,1-4H3. The fourth-order valence-corrected chi connectivity index (χ4v) is 2.26. The molecule has 0 saturated carbocycles. The third kappa shape index (κ3) is 4.48. The van der Waals surface area contributed by atoms with Crippen LogP contribution in [0.3, 0.4) is 0 Å². The zero-order chi connectivity index (χ0) is 13.5. The molecule has 1 aromatic rings. The molecule has 0 aliphatic rings. The summed E-state index contributed by atoms with van der Waals surface area (Å²) in [6.07, 6.45) is 0. The first-order valence-electron chi connectivity index (χ1n) is 5.84. The van der Waals surface area contributed by atoms with Gasteiger partial charge in [0.2, 0.25) is 0 Å². The SMILES string of the molecule is COc1cc(CNCCN(C)C)cc(Br)c1OC. The molecule has 0 atom stereocenters. The molecule has 1 rings (SSSR count). The van der Waals surface area contributed by atoms with Crippen molar-refractivity contribution >= 4 is 15.9 Å². The second-order valence-corrected chi connectivity index (χ2v) is 5.15. The molecule has 0 amide bonds. The first-order chi connectivity index (χ1) is 8.58. The van der Waals surface area contributed by atoms with Crippen molar-refractivity contribution in [1.82, 2.24) is 10.2 Å². The van der Waals surface area contributed by atoms with Gasteiger partial charge in [0.05, 0.1) is 18.7 Å². The first-order valence-corrected chi connectivity index (χ1v) is 6.63. The lowest BCUT2D eigenvalue weighted by atomic mass is 10.2. The summed E-state index contributed by atoms with van der Waals surface area (Å²) in [6, 6.07) is 4.04. The fourth-order valence-electron chi connectivity index (χ4n) is 1.61. The van der Waals surface area contributed by atoms with Gasteiger partial charge in [-0.25, -0.2) is 0 Å². The number of nitrogens with one attached hydrogen (secondary N) is 1. The van der Waals surface area contributed by atoms with Gasteiger partial charge in [0, 0.05) is 19.6 Å². The van der Waals surface area contributed by atoms with E-state index < -0.39 is 0 Å². The van der Waals surface area contributed by atoms with E-state index in [1.54, 1.807) is 14.2 Å². The van der Waals surface area contributed by atoms with Gasteiger partial charge in [0.15, 0.2) is 11.5 Å². The van der Waals surface area contributed by atoms with E-state index in [1.165, 1.54) is 5.56 Å². The van der Waals surface area contributed by atoms with Crippen molar-refractivity contribution in [2.24, 2.45) is 0 Å². The van der Waals surface area contributed by atoms with Gasteiger partial charge < -0.3 is 19.7 Å². The Morgan fingerprint density at radius 3 is 2.50 bits per heavy atom. The Morgan fingerprint density at radius 2 is 1.94 bits per heavy atom. The van der Waals surface area contributed by atoms with E-state index in [0.29, 0.717) is 0 Å². The Bertz CT molecular complexity index is 383. The second-order valence-electron chi connectivity index (χ2n) is 4.29. The van der Waals surface area contributed by atoms with Gasteiger partial charge in [-0.15, -0.1) is 0 Å². The molecule has 18 heavy (non-hydrogen) atoms. The lowest BCUT2D eigenvalue weighted by molar-refractivity contribution is 0.352. The minimum absolute atomic E-state index is 0.731. The lowest BCUT2D eigenvalue weighted by Crippen LogP contribution is -2.26. The van der Waals surface area contributed by atoms with Gasteiger partial charge >= 0.3 is 0 Å². The maximum atomic E-state index is 5.31. The zero-order valence-corrected chi connectivity index (χ0v) is 13.0. The zero-order valence-electron chi connectivity index (χ0n) is 11.4. The summed E-state index contributed by atoms with van der Waals surface area (Å²) in [6.45, 7) is 2.79. The molecule has 0 fully saturated rings. The minimum Gasteiger partial charge on any atom is -0.493 e. The third-order valence-electron chi connectivity index (χ3n) is 2.56. The molecule has 0 aromatic heterocycles. The molecular weight excluding hydrogens is 296 g/mol. The Hall–Kier alpha value is -0.780. The van der Waals surface area contributed by atoms with Crippen molar-refractivity contribution < 1.29 is 9.47 Å². The fraction of sp³-hybridized carbons (Fsp3) is 0.538. The minimum atomic E-state index is 0.731. The molecule has 0 unspecified atom stereocenters. The van der Waals surface area contributed by atoms with Crippen LogP contribution in [0.2, 0.25) is 0 Å². The number of halogens is 1. The monoisotopic (exact) mass is 316 g/mol. The van der Waals surface area contributed by atoms with Gasteiger partial charge in [-0.3, -0.25) is 0 Å². The van der Waals surface area contributed by atoms with Crippen molar-refractivity contribution in [1.29, 1.82) is 0 Å². The Labute approximate surface area is 117 Å².